The van der Waals surface area contributed by atoms with Crippen molar-refractivity contribution in [1.82, 2.24) is 0 Å². The molecule has 0 bridgehead atoms. The molecule has 1 atom stereocenters. The van der Waals surface area contributed by atoms with Crippen molar-refractivity contribution in [3.05, 3.63) is 0 Å². The maximum atomic E-state index is 2.44. The van der Waals surface area contributed by atoms with Gasteiger partial charge in [0.2, 0.25) is 0 Å². The summed E-state index contributed by atoms with van der Waals surface area (Å²) >= 11 is 0. The number of hydrogen-bond acceptors (Lipinski definition) is 0. The molecule has 0 spiro atoms. The Balaban J connectivity index is 5.30. The SMILES string of the molecule is CCCC(CC)C[N+](CC)(CC)[N+](CC)(CC)CCCCC(C)C. The average molecular weight is 343 g/mol. The second-order valence-electron chi connectivity index (χ2n) is 8.31. The second-order valence-corrected chi connectivity index (χ2v) is 8.31. The van der Waals surface area contributed by atoms with Gasteiger partial charge < -0.3 is 0 Å². The normalized spacial score (nSPS) is 14.4. The molecule has 24 heavy (non-hydrogen) atoms. The molecule has 0 aromatic heterocycles. The van der Waals surface area contributed by atoms with Crippen LogP contribution in [-0.4, -0.2) is 48.5 Å². The lowest BCUT2D eigenvalue weighted by atomic mass is 9.99. The standard InChI is InChI=1S/C22H50N2/c1-9-17-22(10-2)20-24(13-5,14-6)23(11-3,12-4)19-16-15-18-21(7)8/h21-22H,9-20H2,1-8H3/q+2. The zero-order chi connectivity index (χ0) is 18.6. The molecule has 0 N–H and O–H groups in total. The number of rotatable bonds is 15. The van der Waals surface area contributed by atoms with Crippen LogP contribution in [0, 0.1) is 11.8 Å². The summed E-state index contributed by atoms with van der Waals surface area (Å²) in [4.78, 5) is 0. The van der Waals surface area contributed by atoms with Crippen molar-refractivity contribution in [2.24, 2.45) is 11.8 Å². The molecule has 0 amide bonds. The van der Waals surface area contributed by atoms with Crippen LogP contribution in [0.1, 0.15) is 93.9 Å². The van der Waals surface area contributed by atoms with E-state index < -0.39 is 0 Å². The fourth-order valence-corrected chi connectivity index (χ4v) is 4.88. The summed E-state index contributed by atoms with van der Waals surface area (Å²) in [6, 6.07) is 0. The van der Waals surface area contributed by atoms with Gasteiger partial charge in [0.25, 0.3) is 0 Å². The minimum atomic E-state index is 0.848. The molecule has 0 aliphatic heterocycles. The van der Waals surface area contributed by atoms with Gasteiger partial charge in [0, 0.05) is 12.3 Å². The number of nitrogens with zero attached hydrogens (tertiary/aromatic N) is 2. The Morgan fingerprint density at radius 2 is 1.21 bits per heavy atom. The Morgan fingerprint density at radius 3 is 1.58 bits per heavy atom. The smallest absolute Gasteiger partial charge is 0.125 e. The van der Waals surface area contributed by atoms with E-state index in [-0.39, 0.29) is 0 Å². The summed E-state index contributed by atoms with van der Waals surface area (Å²) in [5.74, 6) is 1.74. The largest absolute Gasteiger partial charge is 0.171 e. The van der Waals surface area contributed by atoms with Crippen LogP contribution in [0.4, 0.5) is 0 Å². The highest BCUT2D eigenvalue weighted by Crippen LogP contribution is 2.29. The third-order valence-corrected chi connectivity index (χ3v) is 6.73. The van der Waals surface area contributed by atoms with Crippen molar-refractivity contribution in [2.45, 2.75) is 93.9 Å². The molecule has 2 nitrogen and oxygen atoms in total. The minimum absolute atomic E-state index is 0.848. The Kier molecular flexibility index (Phi) is 12.3. The molecule has 146 valence electrons. The van der Waals surface area contributed by atoms with E-state index in [0.717, 1.165) is 11.8 Å². The van der Waals surface area contributed by atoms with E-state index in [1.165, 1.54) is 87.0 Å². The quantitative estimate of drug-likeness (QED) is 0.187. The molecule has 0 aromatic rings. The number of hydrogen-bond donors (Lipinski definition) is 0. The summed E-state index contributed by atoms with van der Waals surface area (Å²) < 4.78 is 2.60. The van der Waals surface area contributed by atoms with Gasteiger partial charge in [0.05, 0.1) is 0 Å². The predicted molar refractivity (Wildman–Crippen MR) is 110 cm³/mol. The van der Waals surface area contributed by atoms with Crippen LogP contribution in [0.3, 0.4) is 0 Å². The first-order chi connectivity index (χ1) is 11.4. The van der Waals surface area contributed by atoms with Gasteiger partial charge >= 0.3 is 0 Å². The highest BCUT2D eigenvalue weighted by molar-refractivity contribution is 4.56. The van der Waals surface area contributed by atoms with Crippen LogP contribution in [0.2, 0.25) is 0 Å². The first-order valence-electron chi connectivity index (χ1n) is 11.1. The lowest BCUT2D eigenvalue weighted by Gasteiger charge is -2.53. The van der Waals surface area contributed by atoms with E-state index in [1.54, 1.807) is 0 Å². The molecule has 0 rings (SSSR count). The molecule has 0 saturated carbocycles. The number of quaternary nitrogens is 2. The molecular formula is C22H50N2+2. The van der Waals surface area contributed by atoms with Gasteiger partial charge in [-0.3, -0.25) is 0 Å². The molecule has 2 heteroatoms. The fraction of sp³-hybridized carbons (Fsp3) is 1.00. The maximum absolute atomic E-state index is 2.44. The van der Waals surface area contributed by atoms with Crippen LogP contribution in [0.5, 0.6) is 0 Å². The van der Waals surface area contributed by atoms with E-state index in [1.807, 2.05) is 0 Å². The van der Waals surface area contributed by atoms with Crippen LogP contribution in [0.25, 0.3) is 0 Å². The van der Waals surface area contributed by atoms with Crippen molar-refractivity contribution < 1.29 is 9.18 Å². The van der Waals surface area contributed by atoms with Gasteiger partial charge in [0.1, 0.15) is 39.3 Å². The highest BCUT2D eigenvalue weighted by atomic mass is 15.9. The summed E-state index contributed by atoms with van der Waals surface area (Å²) in [5.41, 5.74) is 0. The van der Waals surface area contributed by atoms with E-state index >= 15 is 0 Å². The van der Waals surface area contributed by atoms with Gasteiger partial charge in [0.15, 0.2) is 0 Å². The molecule has 0 fully saturated rings. The molecule has 0 saturated heterocycles. The Morgan fingerprint density at radius 1 is 0.667 bits per heavy atom. The van der Waals surface area contributed by atoms with Crippen molar-refractivity contribution in [3.63, 3.8) is 0 Å². The zero-order valence-corrected chi connectivity index (χ0v) is 18.5. The lowest BCUT2D eigenvalue weighted by molar-refractivity contribution is -1.49. The van der Waals surface area contributed by atoms with Crippen LogP contribution in [-0.2, 0) is 0 Å². The zero-order valence-electron chi connectivity index (χ0n) is 18.5. The van der Waals surface area contributed by atoms with Crippen LogP contribution in [0.15, 0.2) is 0 Å². The third kappa shape index (κ3) is 6.33. The Bertz CT molecular complexity index is 290. The summed E-state index contributed by atoms with van der Waals surface area (Å²) in [5, 5.41) is 0. The second kappa shape index (κ2) is 12.3. The summed E-state index contributed by atoms with van der Waals surface area (Å²) in [6.07, 6.45) is 8.26. The molecule has 0 aliphatic rings. The molecule has 0 radical (unpaired) electrons. The fourth-order valence-electron chi connectivity index (χ4n) is 4.88. The third-order valence-electron chi connectivity index (χ3n) is 6.73. The van der Waals surface area contributed by atoms with Gasteiger partial charge in [-0.2, -0.15) is 9.18 Å². The van der Waals surface area contributed by atoms with E-state index in [2.05, 4.69) is 55.4 Å². The van der Waals surface area contributed by atoms with Crippen molar-refractivity contribution in [1.29, 1.82) is 0 Å². The lowest BCUT2D eigenvalue weighted by Crippen LogP contribution is -2.74. The molecule has 0 aromatic carbocycles. The minimum Gasteiger partial charge on any atom is -0.171 e. The van der Waals surface area contributed by atoms with E-state index in [4.69, 9.17) is 0 Å². The van der Waals surface area contributed by atoms with Gasteiger partial charge in [-0.15, -0.1) is 0 Å². The van der Waals surface area contributed by atoms with E-state index in [0.29, 0.717) is 0 Å². The van der Waals surface area contributed by atoms with Crippen molar-refractivity contribution in [2.75, 3.05) is 39.3 Å². The Hall–Kier alpha value is -0.0800. The van der Waals surface area contributed by atoms with Crippen LogP contribution < -0.4 is 0 Å². The van der Waals surface area contributed by atoms with Gasteiger partial charge in [-0.25, -0.2) is 0 Å². The topological polar surface area (TPSA) is 0 Å². The number of unbranched alkanes of at least 4 members (excludes halogenated alkanes) is 1. The highest BCUT2D eigenvalue weighted by Gasteiger charge is 2.46. The first kappa shape index (κ1) is 23.9. The molecule has 0 heterocycles. The first-order valence-corrected chi connectivity index (χ1v) is 11.1. The summed E-state index contributed by atoms with van der Waals surface area (Å²) in [7, 11) is 0. The van der Waals surface area contributed by atoms with E-state index in [9.17, 15) is 0 Å². The Labute approximate surface area is 154 Å². The molecule has 1 unspecified atom stereocenters. The van der Waals surface area contributed by atoms with Gasteiger partial charge in [-0.1, -0.05) is 40.5 Å². The summed E-state index contributed by atoms with van der Waals surface area (Å²) in [6.45, 7) is 27.1. The van der Waals surface area contributed by atoms with Gasteiger partial charge in [-0.05, 0) is 52.9 Å². The maximum Gasteiger partial charge on any atom is 0.125 e. The average Bonchev–Trinajstić information content (AvgIpc) is 2.59. The molecule has 0 aliphatic carbocycles. The van der Waals surface area contributed by atoms with Crippen molar-refractivity contribution in [3.8, 4) is 0 Å². The predicted octanol–water partition coefficient (Wildman–Crippen LogP) is 6.27. The van der Waals surface area contributed by atoms with Crippen LogP contribution >= 0.6 is 0 Å². The molecular weight excluding hydrogens is 292 g/mol. The van der Waals surface area contributed by atoms with Crippen molar-refractivity contribution >= 4 is 0 Å². The monoisotopic (exact) mass is 342 g/mol.